The molecule has 3 N–H and O–H groups in total. The number of likely N-dealkylation sites (N-methyl/N-ethyl adjacent to an activating group) is 1. The third-order valence-corrected chi connectivity index (χ3v) is 3.27. The van der Waals surface area contributed by atoms with Gasteiger partial charge in [-0.25, -0.2) is 0 Å². The quantitative estimate of drug-likeness (QED) is 0.586. The van der Waals surface area contributed by atoms with E-state index >= 15 is 0 Å². The maximum absolute atomic E-state index is 11.0. The fourth-order valence-electron chi connectivity index (χ4n) is 2.62. The van der Waals surface area contributed by atoms with E-state index in [1.165, 1.54) is 0 Å². The molecule has 0 amide bonds. The van der Waals surface area contributed by atoms with Crippen LogP contribution in [0.1, 0.15) is 26.7 Å². The maximum Gasteiger partial charge on any atom is 0.305 e. The van der Waals surface area contributed by atoms with E-state index < -0.39 is 5.97 Å². The molecule has 0 radical (unpaired) electrons. The highest BCUT2D eigenvalue weighted by Gasteiger charge is 2.40. The zero-order valence-electron chi connectivity index (χ0n) is 12.0. The van der Waals surface area contributed by atoms with Crippen molar-refractivity contribution in [3.8, 4) is 0 Å². The summed E-state index contributed by atoms with van der Waals surface area (Å²) in [6, 6.07) is 0.349. The number of nitrogens with zero attached hydrogens (tertiary/aromatic N) is 1. The van der Waals surface area contributed by atoms with Gasteiger partial charge in [0.15, 0.2) is 0 Å². The van der Waals surface area contributed by atoms with Crippen LogP contribution >= 0.6 is 0 Å². The lowest BCUT2D eigenvalue weighted by Gasteiger charge is -2.45. The van der Waals surface area contributed by atoms with Crippen LogP contribution in [0.15, 0.2) is 0 Å². The Morgan fingerprint density at radius 1 is 1.44 bits per heavy atom. The summed E-state index contributed by atoms with van der Waals surface area (Å²) in [5, 5.41) is 15.8. The van der Waals surface area contributed by atoms with E-state index in [4.69, 9.17) is 5.11 Å². The smallest absolute Gasteiger partial charge is 0.305 e. The number of aliphatic carboxylic acids is 1. The molecule has 1 rings (SSSR count). The molecule has 0 bridgehead atoms. The van der Waals surface area contributed by atoms with Gasteiger partial charge in [0, 0.05) is 25.7 Å². The number of carboxylic acids is 1. The van der Waals surface area contributed by atoms with Crippen LogP contribution in [0, 0.1) is 5.92 Å². The van der Waals surface area contributed by atoms with Gasteiger partial charge in [0.1, 0.15) is 0 Å². The molecule has 0 aromatic carbocycles. The number of carboxylic acid groups (broad SMARTS) is 1. The lowest BCUT2D eigenvalue weighted by atomic mass is 9.86. The highest BCUT2D eigenvalue weighted by Crippen LogP contribution is 2.19. The molecule has 1 unspecified atom stereocenters. The number of carbonyl (C=O) groups is 1. The Morgan fingerprint density at radius 3 is 2.39 bits per heavy atom. The molecule has 1 heterocycles. The van der Waals surface area contributed by atoms with Crippen LogP contribution in [0.5, 0.6) is 0 Å². The van der Waals surface area contributed by atoms with E-state index in [1.54, 1.807) is 0 Å². The van der Waals surface area contributed by atoms with Crippen LogP contribution in [-0.2, 0) is 4.79 Å². The van der Waals surface area contributed by atoms with E-state index in [0.29, 0.717) is 12.0 Å². The normalized spacial score (nSPS) is 19.9. The van der Waals surface area contributed by atoms with Gasteiger partial charge in [-0.05, 0) is 26.4 Å². The Balaban J connectivity index is 2.59. The molecule has 5 heteroatoms. The van der Waals surface area contributed by atoms with Crippen LogP contribution in [0.25, 0.3) is 0 Å². The van der Waals surface area contributed by atoms with E-state index in [9.17, 15) is 4.79 Å². The highest BCUT2D eigenvalue weighted by atomic mass is 16.4. The van der Waals surface area contributed by atoms with Crippen LogP contribution in [0.4, 0.5) is 0 Å². The molecule has 0 saturated carbocycles. The van der Waals surface area contributed by atoms with Gasteiger partial charge in [0.2, 0.25) is 0 Å². The summed E-state index contributed by atoms with van der Waals surface area (Å²) in [7, 11) is 4.11. The Hall–Kier alpha value is -0.650. The van der Waals surface area contributed by atoms with E-state index in [1.807, 2.05) is 0 Å². The molecule has 0 aromatic heterocycles. The first kappa shape index (κ1) is 15.4. The zero-order valence-corrected chi connectivity index (χ0v) is 12.0. The van der Waals surface area contributed by atoms with Crippen molar-refractivity contribution < 1.29 is 9.90 Å². The molecule has 1 saturated heterocycles. The zero-order chi connectivity index (χ0) is 13.8. The molecule has 1 aliphatic rings. The van der Waals surface area contributed by atoms with Crippen LogP contribution < -0.4 is 10.6 Å². The second-order valence-corrected chi connectivity index (χ2v) is 6.19. The Bertz CT molecular complexity index is 265. The monoisotopic (exact) mass is 257 g/mol. The summed E-state index contributed by atoms with van der Waals surface area (Å²) in [6.45, 7) is 6.85. The number of hydrogen-bond donors (Lipinski definition) is 3. The molecule has 1 atom stereocenters. The van der Waals surface area contributed by atoms with Gasteiger partial charge in [-0.1, -0.05) is 13.8 Å². The summed E-state index contributed by atoms with van der Waals surface area (Å²) in [5.41, 5.74) is -0.249. The van der Waals surface area contributed by atoms with Crippen molar-refractivity contribution >= 4 is 5.97 Å². The molecule has 0 aliphatic carbocycles. The molecule has 1 aliphatic heterocycles. The summed E-state index contributed by atoms with van der Waals surface area (Å²) < 4.78 is 0. The molecule has 0 aromatic rings. The van der Waals surface area contributed by atoms with Crippen molar-refractivity contribution in [3.05, 3.63) is 0 Å². The van der Waals surface area contributed by atoms with Crippen LogP contribution in [0.2, 0.25) is 0 Å². The van der Waals surface area contributed by atoms with Crippen molar-refractivity contribution in [2.24, 2.45) is 5.92 Å². The Morgan fingerprint density at radius 2 is 2.06 bits per heavy atom. The first-order valence-corrected chi connectivity index (χ1v) is 6.68. The van der Waals surface area contributed by atoms with E-state index in [2.05, 4.69) is 43.5 Å². The first-order valence-electron chi connectivity index (χ1n) is 6.68. The van der Waals surface area contributed by atoms with Crippen molar-refractivity contribution in [2.75, 3.05) is 33.7 Å². The maximum atomic E-state index is 11.0. The fourth-order valence-corrected chi connectivity index (χ4v) is 2.62. The van der Waals surface area contributed by atoms with Gasteiger partial charge in [-0.2, -0.15) is 0 Å². The van der Waals surface area contributed by atoms with Crippen LogP contribution in [-0.4, -0.2) is 61.3 Å². The Labute approximate surface area is 110 Å². The molecule has 0 spiro atoms. The average Bonchev–Trinajstić information content (AvgIpc) is 2.10. The van der Waals surface area contributed by atoms with Crippen molar-refractivity contribution in [3.63, 3.8) is 0 Å². The standard InChI is InChI=1S/C13H27N3O2/c1-10(2)5-11(7-16(3)4)15-13(6-12(17)18)8-14-9-13/h10-11,14-15H,5-9H2,1-4H3,(H,17,18). The van der Waals surface area contributed by atoms with Gasteiger partial charge < -0.3 is 20.6 Å². The van der Waals surface area contributed by atoms with Crippen molar-refractivity contribution in [2.45, 2.75) is 38.3 Å². The number of nitrogens with one attached hydrogen (secondary N) is 2. The minimum Gasteiger partial charge on any atom is -0.481 e. The predicted molar refractivity (Wildman–Crippen MR) is 72.8 cm³/mol. The largest absolute Gasteiger partial charge is 0.481 e. The lowest BCUT2D eigenvalue weighted by Crippen LogP contribution is -2.71. The molecule has 1 fully saturated rings. The van der Waals surface area contributed by atoms with Crippen LogP contribution in [0.3, 0.4) is 0 Å². The molecular weight excluding hydrogens is 230 g/mol. The predicted octanol–water partition coefficient (Wildman–Crippen LogP) is 0.369. The summed E-state index contributed by atoms with van der Waals surface area (Å²) >= 11 is 0. The number of hydrogen-bond acceptors (Lipinski definition) is 4. The molecule has 106 valence electrons. The number of rotatable bonds is 8. The van der Waals surface area contributed by atoms with E-state index in [-0.39, 0.29) is 12.0 Å². The third-order valence-electron chi connectivity index (χ3n) is 3.27. The first-order chi connectivity index (χ1) is 8.33. The van der Waals surface area contributed by atoms with Gasteiger partial charge in [0.25, 0.3) is 0 Å². The summed E-state index contributed by atoms with van der Waals surface area (Å²) in [5.74, 6) is -0.116. The molecular formula is C13H27N3O2. The second kappa shape index (κ2) is 6.50. The van der Waals surface area contributed by atoms with Crippen molar-refractivity contribution in [1.82, 2.24) is 15.5 Å². The minimum atomic E-state index is -0.725. The van der Waals surface area contributed by atoms with E-state index in [0.717, 1.165) is 26.1 Å². The van der Waals surface area contributed by atoms with Gasteiger partial charge in [0.05, 0.1) is 12.0 Å². The van der Waals surface area contributed by atoms with Gasteiger partial charge in [-0.15, -0.1) is 0 Å². The van der Waals surface area contributed by atoms with Crippen molar-refractivity contribution in [1.29, 1.82) is 0 Å². The van der Waals surface area contributed by atoms with Gasteiger partial charge in [-0.3, -0.25) is 4.79 Å². The molecule has 18 heavy (non-hydrogen) atoms. The summed E-state index contributed by atoms with van der Waals surface area (Å²) in [6.07, 6.45) is 1.27. The highest BCUT2D eigenvalue weighted by molar-refractivity contribution is 5.68. The lowest BCUT2D eigenvalue weighted by molar-refractivity contribution is -0.139. The average molecular weight is 257 g/mol. The summed E-state index contributed by atoms with van der Waals surface area (Å²) in [4.78, 5) is 13.1. The Kier molecular flexibility index (Phi) is 5.56. The fraction of sp³-hybridized carbons (Fsp3) is 0.923. The second-order valence-electron chi connectivity index (χ2n) is 6.19. The topological polar surface area (TPSA) is 64.6 Å². The van der Waals surface area contributed by atoms with Gasteiger partial charge >= 0.3 is 5.97 Å². The SMILES string of the molecule is CC(C)CC(CN(C)C)NC1(CC(=O)O)CNC1. The molecule has 5 nitrogen and oxygen atoms in total. The minimum absolute atomic E-state index is 0.196. The third kappa shape index (κ3) is 4.92.